The molecule has 0 aliphatic heterocycles. The minimum absolute atomic E-state index is 0.0446. The van der Waals surface area contributed by atoms with E-state index in [1.54, 1.807) is 25.3 Å². The molecule has 0 saturated carbocycles. The molecule has 0 aliphatic rings. The van der Waals surface area contributed by atoms with E-state index in [0.29, 0.717) is 34.8 Å². The van der Waals surface area contributed by atoms with Crippen LogP contribution in [0.1, 0.15) is 11.4 Å². The smallest absolute Gasteiger partial charge is 0.356 e. The number of fused-ring (bicyclic) bond motifs is 1. The zero-order valence-corrected chi connectivity index (χ0v) is 13.6. The third kappa shape index (κ3) is 3.48. The predicted octanol–water partition coefficient (Wildman–Crippen LogP) is 0.726. The highest BCUT2D eigenvalue weighted by molar-refractivity contribution is 7.60. The van der Waals surface area contributed by atoms with Crippen molar-refractivity contribution in [3.8, 4) is 0 Å². The van der Waals surface area contributed by atoms with Gasteiger partial charge < -0.3 is 20.8 Å². The standard InChI is InChI=1S/C14H15N6O3P/c1-8-12-13(20-14(15)18-8)17-7-10(19-12)6-16-9-3-2-4-11(5-9)24(21,22)23/h2-5,7,16H,6H2,1H3,(H2,21,22,23)(H2,15,17,18,20). The van der Waals surface area contributed by atoms with Gasteiger partial charge in [0.25, 0.3) is 0 Å². The molecule has 3 aromatic rings. The van der Waals surface area contributed by atoms with Crippen molar-refractivity contribution in [1.29, 1.82) is 0 Å². The maximum atomic E-state index is 11.3. The molecule has 2 aromatic heterocycles. The average molecular weight is 346 g/mol. The number of benzene rings is 1. The molecular weight excluding hydrogens is 331 g/mol. The fourth-order valence-electron chi connectivity index (χ4n) is 2.18. The summed E-state index contributed by atoms with van der Waals surface area (Å²) in [5.74, 6) is 0.148. The summed E-state index contributed by atoms with van der Waals surface area (Å²) in [6.45, 7) is 2.10. The van der Waals surface area contributed by atoms with Crippen LogP contribution < -0.4 is 16.4 Å². The fraction of sp³-hybridized carbons (Fsp3) is 0.143. The lowest BCUT2D eigenvalue weighted by Gasteiger charge is -2.09. The Balaban J connectivity index is 1.82. The molecule has 0 spiro atoms. The summed E-state index contributed by atoms with van der Waals surface area (Å²) in [7, 11) is -4.28. The molecule has 0 aliphatic carbocycles. The van der Waals surface area contributed by atoms with Crippen LogP contribution in [0, 0.1) is 6.92 Å². The Morgan fingerprint density at radius 1 is 1.25 bits per heavy atom. The van der Waals surface area contributed by atoms with Gasteiger partial charge in [0.15, 0.2) is 5.65 Å². The van der Waals surface area contributed by atoms with E-state index in [-0.39, 0.29) is 11.3 Å². The van der Waals surface area contributed by atoms with Gasteiger partial charge in [-0.2, -0.15) is 4.98 Å². The lowest BCUT2D eigenvalue weighted by molar-refractivity contribution is 0.387. The fourth-order valence-corrected chi connectivity index (χ4v) is 2.76. The molecule has 0 radical (unpaired) electrons. The predicted molar refractivity (Wildman–Crippen MR) is 89.7 cm³/mol. The number of anilines is 2. The molecule has 5 N–H and O–H groups in total. The lowest BCUT2D eigenvalue weighted by atomic mass is 10.3. The number of rotatable bonds is 4. The van der Waals surface area contributed by atoms with E-state index in [1.807, 2.05) is 0 Å². The number of aromatic nitrogens is 4. The number of nitrogens with one attached hydrogen (secondary N) is 1. The Bertz CT molecular complexity index is 958. The summed E-state index contributed by atoms with van der Waals surface area (Å²) >= 11 is 0. The molecule has 0 unspecified atom stereocenters. The Labute approximate surface area is 137 Å². The van der Waals surface area contributed by atoms with E-state index in [2.05, 4.69) is 25.3 Å². The Kier molecular flexibility index (Phi) is 4.15. The molecule has 0 fully saturated rings. The Morgan fingerprint density at radius 2 is 2.04 bits per heavy atom. The van der Waals surface area contributed by atoms with Gasteiger partial charge in [-0.05, 0) is 25.1 Å². The van der Waals surface area contributed by atoms with Crippen LogP contribution in [0.15, 0.2) is 30.5 Å². The van der Waals surface area contributed by atoms with E-state index in [4.69, 9.17) is 5.73 Å². The highest BCUT2D eigenvalue weighted by atomic mass is 31.2. The van der Waals surface area contributed by atoms with Gasteiger partial charge >= 0.3 is 7.60 Å². The molecular formula is C14H15N6O3P. The zero-order chi connectivity index (χ0) is 17.3. The number of nitrogens with two attached hydrogens (primary N) is 1. The van der Waals surface area contributed by atoms with Crippen molar-refractivity contribution in [1.82, 2.24) is 19.9 Å². The van der Waals surface area contributed by atoms with Gasteiger partial charge in [0.05, 0.1) is 29.4 Å². The lowest BCUT2D eigenvalue weighted by Crippen LogP contribution is -2.08. The molecule has 10 heteroatoms. The molecule has 24 heavy (non-hydrogen) atoms. The van der Waals surface area contributed by atoms with Gasteiger partial charge in [-0.1, -0.05) is 6.07 Å². The maximum Gasteiger partial charge on any atom is 0.356 e. The zero-order valence-electron chi connectivity index (χ0n) is 12.7. The first-order valence-electron chi connectivity index (χ1n) is 6.99. The van der Waals surface area contributed by atoms with Crippen molar-refractivity contribution >= 4 is 35.7 Å². The van der Waals surface area contributed by atoms with Crippen molar-refractivity contribution in [3.63, 3.8) is 0 Å². The van der Waals surface area contributed by atoms with Crippen LogP contribution in [0.4, 0.5) is 11.6 Å². The van der Waals surface area contributed by atoms with Gasteiger partial charge in [-0.3, -0.25) is 4.57 Å². The summed E-state index contributed by atoms with van der Waals surface area (Å²) in [6.07, 6.45) is 1.56. The minimum Gasteiger partial charge on any atom is -0.379 e. The number of nitrogen functional groups attached to an aromatic ring is 1. The molecule has 9 nitrogen and oxygen atoms in total. The summed E-state index contributed by atoms with van der Waals surface area (Å²) in [5, 5.41) is 3.01. The SMILES string of the molecule is Cc1nc(N)nc2ncc(CNc3cccc(P(=O)(O)O)c3)nc12. The number of hydrogen-bond donors (Lipinski definition) is 4. The van der Waals surface area contributed by atoms with E-state index < -0.39 is 7.60 Å². The molecule has 0 atom stereocenters. The maximum absolute atomic E-state index is 11.3. The van der Waals surface area contributed by atoms with Crippen molar-refractivity contribution in [2.75, 3.05) is 11.1 Å². The molecule has 0 bridgehead atoms. The first-order chi connectivity index (χ1) is 11.3. The topological polar surface area (TPSA) is 147 Å². The Hall–Kier alpha value is -2.61. The number of aryl methyl sites for hydroxylation is 1. The molecule has 0 amide bonds. The van der Waals surface area contributed by atoms with Crippen molar-refractivity contribution in [2.45, 2.75) is 13.5 Å². The van der Waals surface area contributed by atoms with Crippen molar-refractivity contribution in [2.24, 2.45) is 0 Å². The van der Waals surface area contributed by atoms with Crippen LogP contribution >= 0.6 is 7.60 Å². The van der Waals surface area contributed by atoms with Crippen LogP contribution in [0.2, 0.25) is 0 Å². The van der Waals surface area contributed by atoms with E-state index in [9.17, 15) is 14.4 Å². The number of nitrogens with zero attached hydrogens (tertiary/aromatic N) is 4. The molecule has 124 valence electrons. The molecule has 1 aromatic carbocycles. The van der Waals surface area contributed by atoms with Gasteiger partial charge in [-0.25, -0.2) is 15.0 Å². The normalized spacial score (nSPS) is 11.6. The first-order valence-corrected chi connectivity index (χ1v) is 8.60. The van der Waals surface area contributed by atoms with Crippen LogP contribution in [-0.2, 0) is 11.1 Å². The Morgan fingerprint density at radius 3 is 2.79 bits per heavy atom. The highest BCUT2D eigenvalue weighted by Gasteiger charge is 2.16. The molecule has 0 saturated heterocycles. The van der Waals surface area contributed by atoms with Crippen LogP contribution in [0.25, 0.3) is 11.2 Å². The minimum atomic E-state index is -4.28. The van der Waals surface area contributed by atoms with Crippen LogP contribution in [0.5, 0.6) is 0 Å². The van der Waals surface area contributed by atoms with Gasteiger partial charge in [0.1, 0.15) is 5.52 Å². The second kappa shape index (κ2) is 6.12. The van der Waals surface area contributed by atoms with Crippen LogP contribution in [0.3, 0.4) is 0 Å². The van der Waals surface area contributed by atoms with E-state index >= 15 is 0 Å². The first kappa shape index (κ1) is 16.3. The van der Waals surface area contributed by atoms with Gasteiger partial charge in [-0.15, -0.1) is 0 Å². The van der Waals surface area contributed by atoms with Gasteiger partial charge in [0.2, 0.25) is 5.95 Å². The monoisotopic (exact) mass is 346 g/mol. The molecule has 3 rings (SSSR count). The molecule has 2 heterocycles. The van der Waals surface area contributed by atoms with E-state index in [1.165, 1.54) is 12.1 Å². The second-order valence-corrected chi connectivity index (χ2v) is 6.75. The van der Waals surface area contributed by atoms with Gasteiger partial charge in [0, 0.05) is 5.69 Å². The summed E-state index contributed by atoms with van der Waals surface area (Å²) in [6, 6.07) is 6.07. The van der Waals surface area contributed by atoms with Crippen molar-refractivity contribution in [3.05, 3.63) is 41.9 Å². The number of hydrogen-bond acceptors (Lipinski definition) is 7. The summed E-state index contributed by atoms with van der Waals surface area (Å²) in [5.41, 5.74) is 8.41. The summed E-state index contributed by atoms with van der Waals surface area (Å²) in [4.78, 5) is 35.1. The quantitative estimate of drug-likeness (QED) is 0.502. The second-order valence-electron chi connectivity index (χ2n) is 5.15. The largest absolute Gasteiger partial charge is 0.379 e. The van der Waals surface area contributed by atoms with E-state index in [0.717, 1.165) is 0 Å². The average Bonchev–Trinajstić information content (AvgIpc) is 2.52. The third-order valence-corrected chi connectivity index (χ3v) is 4.26. The van der Waals surface area contributed by atoms with Crippen molar-refractivity contribution < 1.29 is 14.4 Å². The van der Waals surface area contributed by atoms with Crippen LogP contribution in [-0.4, -0.2) is 29.7 Å². The highest BCUT2D eigenvalue weighted by Crippen LogP contribution is 2.33. The third-order valence-electron chi connectivity index (χ3n) is 3.30. The summed E-state index contributed by atoms with van der Waals surface area (Å²) < 4.78 is 11.3.